The number of hydrogen-bond donors (Lipinski definition) is 0. The van der Waals surface area contributed by atoms with Crippen molar-refractivity contribution < 1.29 is 4.74 Å². The molecule has 23 heavy (non-hydrogen) atoms. The second-order valence-corrected chi connectivity index (χ2v) is 6.91. The van der Waals surface area contributed by atoms with Crippen LogP contribution < -0.4 is 4.74 Å². The Morgan fingerprint density at radius 1 is 0.870 bits per heavy atom. The highest BCUT2D eigenvalue weighted by molar-refractivity contribution is 6.42. The van der Waals surface area contributed by atoms with Crippen molar-refractivity contribution in [1.29, 1.82) is 0 Å². The number of hydrogen-bond acceptors (Lipinski definition) is 2. The van der Waals surface area contributed by atoms with Gasteiger partial charge in [0.1, 0.15) is 5.75 Å². The van der Waals surface area contributed by atoms with Gasteiger partial charge in [-0.1, -0.05) is 48.9 Å². The highest BCUT2D eigenvalue weighted by Crippen LogP contribution is 2.26. The van der Waals surface area contributed by atoms with E-state index in [0.29, 0.717) is 10.0 Å². The van der Waals surface area contributed by atoms with E-state index < -0.39 is 0 Å². The van der Waals surface area contributed by atoms with Crippen molar-refractivity contribution in [1.82, 2.24) is 4.90 Å². The number of benzene rings is 1. The minimum absolute atomic E-state index is 0. The Morgan fingerprint density at radius 2 is 1.57 bits per heavy atom. The van der Waals surface area contributed by atoms with Crippen molar-refractivity contribution in [3.63, 3.8) is 0 Å². The predicted octanol–water partition coefficient (Wildman–Crippen LogP) is 6.23. The van der Waals surface area contributed by atoms with Crippen LogP contribution in [0.15, 0.2) is 18.2 Å². The summed E-state index contributed by atoms with van der Waals surface area (Å²) in [4.78, 5) is 2.62. The fourth-order valence-corrected chi connectivity index (χ4v) is 3.20. The largest absolute Gasteiger partial charge is 0.494 e. The molecule has 0 bridgehead atoms. The molecule has 0 amide bonds. The van der Waals surface area contributed by atoms with Crippen LogP contribution in [0.2, 0.25) is 10.0 Å². The molecule has 1 saturated heterocycles. The molecule has 1 aliphatic heterocycles. The summed E-state index contributed by atoms with van der Waals surface area (Å²) < 4.78 is 5.69. The lowest BCUT2D eigenvalue weighted by Crippen LogP contribution is -2.30. The zero-order valence-corrected chi connectivity index (χ0v) is 16.1. The summed E-state index contributed by atoms with van der Waals surface area (Å²) in [6.07, 6.45) is 10.5. The van der Waals surface area contributed by atoms with Crippen LogP contribution in [0.25, 0.3) is 0 Å². The average Bonchev–Trinajstić information content (AvgIpc) is 2.54. The molecule has 0 N–H and O–H groups in total. The van der Waals surface area contributed by atoms with Gasteiger partial charge in [0.15, 0.2) is 0 Å². The lowest BCUT2D eigenvalue weighted by atomic mass is 10.1. The number of nitrogens with zero attached hydrogens (tertiary/aromatic N) is 1. The lowest BCUT2D eigenvalue weighted by Gasteiger charge is -2.26. The Morgan fingerprint density at radius 3 is 2.30 bits per heavy atom. The first kappa shape index (κ1) is 20.9. The van der Waals surface area contributed by atoms with Gasteiger partial charge in [-0.3, -0.25) is 0 Å². The molecule has 0 atom stereocenters. The molecule has 1 fully saturated rings. The third-order valence-corrected chi connectivity index (χ3v) is 4.97. The number of rotatable bonds is 9. The van der Waals surface area contributed by atoms with Gasteiger partial charge in [-0.2, -0.15) is 0 Å². The molecular weight excluding hydrogens is 353 g/mol. The third-order valence-electron chi connectivity index (χ3n) is 4.23. The van der Waals surface area contributed by atoms with Gasteiger partial charge in [0, 0.05) is 6.07 Å². The van der Waals surface area contributed by atoms with Crippen LogP contribution in [0.4, 0.5) is 0 Å². The SMILES string of the molecule is Cl.Clc1ccc(OCCCCCCCN2CCCCC2)cc1Cl. The molecule has 1 aromatic rings. The van der Waals surface area contributed by atoms with Gasteiger partial charge >= 0.3 is 0 Å². The molecule has 0 unspecified atom stereocenters. The molecule has 132 valence electrons. The highest BCUT2D eigenvalue weighted by Gasteiger charge is 2.08. The molecule has 1 aromatic carbocycles. The van der Waals surface area contributed by atoms with Crippen molar-refractivity contribution in [2.24, 2.45) is 0 Å². The predicted molar refractivity (Wildman–Crippen MR) is 103 cm³/mol. The number of ether oxygens (including phenoxy) is 1. The van der Waals surface area contributed by atoms with Crippen molar-refractivity contribution in [2.45, 2.75) is 51.4 Å². The summed E-state index contributed by atoms with van der Waals surface area (Å²) in [6, 6.07) is 5.43. The molecule has 0 saturated carbocycles. The Hall–Kier alpha value is -0.150. The smallest absolute Gasteiger partial charge is 0.120 e. The molecule has 1 heterocycles. The summed E-state index contributed by atoms with van der Waals surface area (Å²) in [6.45, 7) is 4.68. The van der Waals surface area contributed by atoms with Gasteiger partial charge < -0.3 is 9.64 Å². The first-order chi connectivity index (χ1) is 10.8. The molecule has 2 rings (SSSR count). The summed E-state index contributed by atoms with van der Waals surface area (Å²) in [5.74, 6) is 0.805. The topological polar surface area (TPSA) is 12.5 Å². The minimum Gasteiger partial charge on any atom is -0.494 e. The summed E-state index contributed by atoms with van der Waals surface area (Å²) in [5.41, 5.74) is 0. The Balaban J connectivity index is 0.00000264. The second-order valence-electron chi connectivity index (χ2n) is 6.09. The summed E-state index contributed by atoms with van der Waals surface area (Å²) in [5, 5.41) is 1.12. The molecule has 0 spiro atoms. The van der Waals surface area contributed by atoms with Crippen LogP contribution in [-0.4, -0.2) is 31.1 Å². The standard InChI is InChI=1S/C18H27Cl2NO.ClH/c19-17-10-9-16(15-18(17)20)22-14-8-3-1-2-5-11-21-12-6-4-7-13-21;/h9-10,15H,1-8,11-14H2;1H. The zero-order chi connectivity index (χ0) is 15.6. The van der Waals surface area contributed by atoms with Crippen molar-refractivity contribution >= 4 is 35.6 Å². The van der Waals surface area contributed by atoms with Gasteiger partial charge in [0.05, 0.1) is 16.7 Å². The summed E-state index contributed by atoms with van der Waals surface area (Å²) >= 11 is 11.8. The van der Waals surface area contributed by atoms with Crippen LogP contribution in [-0.2, 0) is 0 Å². The van der Waals surface area contributed by atoms with Gasteiger partial charge in [0.2, 0.25) is 0 Å². The third kappa shape index (κ3) is 8.49. The summed E-state index contributed by atoms with van der Waals surface area (Å²) in [7, 11) is 0. The first-order valence-electron chi connectivity index (χ1n) is 8.56. The van der Waals surface area contributed by atoms with E-state index in [4.69, 9.17) is 27.9 Å². The van der Waals surface area contributed by atoms with Crippen LogP contribution >= 0.6 is 35.6 Å². The van der Waals surface area contributed by atoms with Crippen LogP contribution in [0, 0.1) is 0 Å². The maximum atomic E-state index is 5.96. The van der Waals surface area contributed by atoms with Crippen LogP contribution in [0.5, 0.6) is 5.75 Å². The van der Waals surface area contributed by atoms with E-state index >= 15 is 0 Å². The van der Waals surface area contributed by atoms with E-state index in [2.05, 4.69) is 4.90 Å². The van der Waals surface area contributed by atoms with Gasteiger partial charge in [0.25, 0.3) is 0 Å². The maximum absolute atomic E-state index is 5.96. The lowest BCUT2D eigenvalue weighted by molar-refractivity contribution is 0.223. The second kappa shape index (κ2) is 12.2. The average molecular weight is 381 g/mol. The van der Waals surface area contributed by atoms with Crippen molar-refractivity contribution in [3.05, 3.63) is 28.2 Å². The van der Waals surface area contributed by atoms with E-state index in [9.17, 15) is 0 Å². The normalized spacial score (nSPS) is 15.2. The first-order valence-corrected chi connectivity index (χ1v) is 9.31. The molecule has 5 heteroatoms. The fraction of sp³-hybridized carbons (Fsp3) is 0.667. The number of halogens is 3. The van der Waals surface area contributed by atoms with Crippen LogP contribution in [0.3, 0.4) is 0 Å². The van der Waals surface area contributed by atoms with Gasteiger partial charge in [-0.05, 0) is 57.5 Å². The van der Waals surface area contributed by atoms with Crippen molar-refractivity contribution in [2.75, 3.05) is 26.2 Å². The zero-order valence-electron chi connectivity index (χ0n) is 13.7. The van der Waals surface area contributed by atoms with E-state index in [1.165, 1.54) is 64.6 Å². The molecular formula is C18H28Cl3NO. The molecule has 2 nitrogen and oxygen atoms in total. The quantitative estimate of drug-likeness (QED) is 0.471. The maximum Gasteiger partial charge on any atom is 0.120 e. The molecule has 0 radical (unpaired) electrons. The molecule has 0 aliphatic carbocycles. The Labute approximate surface area is 156 Å². The molecule has 0 aromatic heterocycles. The number of piperidine rings is 1. The van der Waals surface area contributed by atoms with Gasteiger partial charge in [-0.25, -0.2) is 0 Å². The molecule has 1 aliphatic rings. The van der Waals surface area contributed by atoms with E-state index in [1.54, 1.807) is 12.1 Å². The number of unbranched alkanes of at least 4 members (excludes halogenated alkanes) is 4. The Bertz CT molecular complexity index is 436. The monoisotopic (exact) mass is 379 g/mol. The van der Waals surface area contributed by atoms with Crippen molar-refractivity contribution in [3.8, 4) is 5.75 Å². The highest BCUT2D eigenvalue weighted by atomic mass is 35.5. The van der Waals surface area contributed by atoms with Gasteiger partial charge in [-0.15, -0.1) is 12.4 Å². The van der Waals surface area contributed by atoms with E-state index in [-0.39, 0.29) is 12.4 Å². The fourth-order valence-electron chi connectivity index (χ4n) is 2.91. The van der Waals surface area contributed by atoms with Crippen LogP contribution in [0.1, 0.15) is 51.4 Å². The van der Waals surface area contributed by atoms with E-state index in [1.807, 2.05) is 6.07 Å². The van der Waals surface area contributed by atoms with E-state index in [0.717, 1.165) is 18.8 Å². The minimum atomic E-state index is 0. The number of likely N-dealkylation sites (tertiary alicyclic amines) is 1. The Kier molecular flexibility index (Phi) is 11.1.